The quantitative estimate of drug-likeness (QED) is 0.403. The van der Waals surface area contributed by atoms with E-state index in [1.54, 1.807) is 6.07 Å². The molecule has 1 saturated heterocycles. The number of nitrogens with one attached hydrogen (secondary N) is 3. The number of nitrogens with zero attached hydrogens (tertiary/aromatic N) is 2. The fourth-order valence-electron chi connectivity index (χ4n) is 4.53. The van der Waals surface area contributed by atoms with Gasteiger partial charge in [-0.1, -0.05) is 0 Å². The smallest absolute Gasteiger partial charge is 0.258 e. The molecule has 1 fully saturated rings. The number of methoxy groups -OCH3 is 1. The number of carbonyl (C=O) groups is 2. The first kappa shape index (κ1) is 26.7. The van der Waals surface area contributed by atoms with Gasteiger partial charge in [0.05, 0.1) is 23.3 Å². The van der Waals surface area contributed by atoms with Gasteiger partial charge in [-0.15, -0.1) is 0 Å². The van der Waals surface area contributed by atoms with Crippen molar-refractivity contribution in [1.82, 2.24) is 14.5 Å². The second-order valence-electron chi connectivity index (χ2n) is 9.08. The molecule has 0 bridgehead atoms. The summed E-state index contributed by atoms with van der Waals surface area (Å²) in [6, 6.07) is 6.64. The number of rotatable bonds is 7. The summed E-state index contributed by atoms with van der Waals surface area (Å²) in [4.78, 5) is 25.4. The van der Waals surface area contributed by atoms with Crippen LogP contribution in [0.25, 0.3) is 0 Å². The second kappa shape index (κ2) is 10.7. The van der Waals surface area contributed by atoms with Crippen LogP contribution in [0, 0.1) is 11.6 Å². The molecule has 3 aromatic rings. The Morgan fingerprint density at radius 2 is 1.92 bits per heavy atom. The van der Waals surface area contributed by atoms with E-state index in [1.165, 1.54) is 19.2 Å². The van der Waals surface area contributed by atoms with Gasteiger partial charge in [0.2, 0.25) is 10.0 Å². The van der Waals surface area contributed by atoms with Gasteiger partial charge in [-0.05, 0) is 37.1 Å². The van der Waals surface area contributed by atoms with Crippen LogP contribution < -0.4 is 15.4 Å². The molecule has 0 aliphatic carbocycles. The number of aromatic nitrogens is 2. The Morgan fingerprint density at radius 3 is 2.62 bits per heavy atom. The van der Waals surface area contributed by atoms with Gasteiger partial charge in [-0.25, -0.2) is 17.2 Å². The normalized spacial score (nSPS) is 17.5. The second-order valence-corrected chi connectivity index (χ2v) is 11.0. The molecule has 0 unspecified atom stereocenters. The van der Waals surface area contributed by atoms with E-state index in [4.69, 9.17) is 9.47 Å². The zero-order valence-electron chi connectivity index (χ0n) is 20.8. The minimum atomic E-state index is -4.24. The van der Waals surface area contributed by atoms with Crippen molar-refractivity contribution in [3.63, 3.8) is 0 Å². The number of ether oxygens (including phenoxy) is 2. The summed E-state index contributed by atoms with van der Waals surface area (Å²) >= 11 is 0. The molecule has 2 aliphatic rings. The van der Waals surface area contributed by atoms with Crippen LogP contribution in [0.4, 0.5) is 20.3 Å². The maximum absolute atomic E-state index is 13.7. The van der Waals surface area contributed by atoms with E-state index >= 15 is 0 Å². The maximum atomic E-state index is 13.7. The molecule has 39 heavy (non-hydrogen) atoms. The van der Waals surface area contributed by atoms with Crippen LogP contribution in [-0.2, 0) is 32.5 Å². The lowest BCUT2D eigenvalue weighted by atomic mass is 10.1. The number of aromatic amines is 1. The number of halogens is 2. The van der Waals surface area contributed by atoms with Crippen molar-refractivity contribution in [3.8, 4) is 5.75 Å². The van der Waals surface area contributed by atoms with Crippen molar-refractivity contribution in [3.05, 3.63) is 64.9 Å². The lowest BCUT2D eigenvalue weighted by Crippen LogP contribution is -2.36. The standard InChI is InChI=1S/C25H25F2N5O6S/c1-37-16-4-5-18(21(12-16)28-25(34)22-3-2-8-38-22)24(33)29-23-19-13-32(7-6-20(19)30-31-23)39(35,36)17-10-14(26)9-15(27)11-17/h4-5,9-12,22H,2-3,6-8,13H2,1H3,(H,28,34)(H2,29,30,31,33)/t22-/m0/s1. The summed E-state index contributed by atoms with van der Waals surface area (Å²) in [5, 5.41) is 12.3. The van der Waals surface area contributed by atoms with Crippen molar-refractivity contribution >= 4 is 33.3 Å². The molecule has 0 saturated carbocycles. The van der Waals surface area contributed by atoms with Crippen molar-refractivity contribution in [1.29, 1.82) is 0 Å². The maximum Gasteiger partial charge on any atom is 0.258 e. The van der Waals surface area contributed by atoms with Gasteiger partial charge in [0, 0.05) is 49.5 Å². The summed E-state index contributed by atoms with van der Waals surface area (Å²) in [6.45, 7) is 0.336. The van der Waals surface area contributed by atoms with Crippen molar-refractivity contribution in [2.24, 2.45) is 0 Å². The Hall–Kier alpha value is -3.88. The third-order valence-corrected chi connectivity index (χ3v) is 8.38. The van der Waals surface area contributed by atoms with Gasteiger partial charge in [0.25, 0.3) is 11.8 Å². The Bertz CT molecular complexity index is 1520. The minimum absolute atomic E-state index is 0.0426. The van der Waals surface area contributed by atoms with Crippen LogP contribution >= 0.6 is 0 Å². The first-order chi connectivity index (χ1) is 18.7. The Labute approximate surface area is 222 Å². The molecule has 1 aromatic heterocycles. The van der Waals surface area contributed by atoms with E-state index in [0.717, 1.165) is 22.9 Å². The molecule has 3 N–H and O–H groups in total. The first-order valence-electron chi connectivity index (χ1n) is 12.1. The van der Waals surface area contributed by atoms with Gasteiger partial charge in [0.1, 0.15) is 23.5 Å². The largest absolute Gasteiger partial charge is 0.497 e. The fourth-order valence-corrected chi connectivity index (χ4v) is 5.98. The number of benzene rings is 2. The molecule has 3 heterocycles. The molecule has 0 spiro atoms. The highest BCUT2D eigenvalue weighted by molar-refractivity contribution is 7.89. The van der Waals surface area contributed by atoms with Crippen LogP contribution in [0.3, 0.4) is 0 Å². The molecule has 0 radical (unpaired) electrons. The van der Waals surface area contributed by atoms with Crippen LogP contribution in [0.2, 0.25) is 0 Å². The molecule has 2 amide bonds. The van der Waals surface area contributed by atoms with Crippen LogP contribution in [0.15, 0.2) is 41.3 Å². The molecule has 1 atom stereocenters. The zero-order chi connectivity index (χ0) is 27.7. The number of amides is 2. The topological polar surface area (TPSA) is 143 Å². The molecule has 206 valence electrons. The summed E-state index contributed by atoms with van der Waals surface area (Å²) < 4.78 is 65.3. The number of H-pyrrole nitrogens is 1. The third kappa shape index (κ3) is 5.48. The molecular weight excluding hydrogens is 536 g/mol. The predicted molar refractivity (Wildman–Crippen MR) is 135 cm³/mol. The highest BCUT2D eigenvalue weighted by atomic mass is 32.2. The van der Waals surface area contributed by atoms with Gasteiger partial charge in [-0.2, -0.15) is 9.40 Å². The van der Waals surface area contributed by atoms with E-state index in [1.807, 2.05) is 0 Å². The zero-order valence-corrected chi connectivity index (χ0v) is 21.6. The number of anilines is 2. The van der Waals surface area contributed by atoms with E-state index in [9.17, 15) is 26.8 Å². The molecule has 2 aromatic carbocycles. The van der Waals surface area contributed by atoms with Gasteiger partial charge >= 0.3 is 0 Å². The number of hydrogen-bond donors (Lipinski definition) is 3. The number of sulfonamides is 1. The monoisotopic (exact) mass is 561 g/mol. The summed E-state index contributed by atoms with van der Waals surface area (Å²) in [5.41, 5.74) is 1.35. The van der Waals surface area contributed by atoms with Crippen LogP contribution in [0.5, 0.6) is 5.75 Å². The van der Waals surface area contributed by atoms with E-state index in [0.29, 0.717) is 36.1 Å². The number of hydrogen-bond acceptors (Lipinski definition) is 7. The Kier molecular flexibility index (Phi) is 7.34. The lowest BCUT2D eigenvalue weighted by Gasteiger charge is -2.26. The average molecular weight is 562 g/mol. The van der Waals surface area contributed by atoms with Crippen molar-refractivity contribution in [2.45, 2.75) is 36.8 Å². The van der Waals surface area contributed by atoms with Crippen molar-refractivity contribution in [2.75, 3.05) is 30.9 Å². The Morgan fingerprint density at radius 1 is 1.15 bits per heavy atom. The average Bonchev–Trinajstić information content (AvgIpc) is 3.58. The lowest BCUT2D eigenvalue weighted by molar-refractivity contribution is -0.124. The number of carbonyl (C=O) groups excluding carboxylic acids is 2. The molecule has 11 nitrogen and oxygen atoms in total. The summed E-state index contributed by atoms with van der Waals surface area (Å²) in [5.74, 6) is -2.51. The van der Waals surface area contributed by atoms with E-state index in [-0.39, 0.29) is 42.5 Å². The third-order valence-electron chi connectivity index (χ3n) is 6.56. The highest BCUT2D eigenvalue weighted by Gasteiger charge is 2.32. The van der Waals surface area contributed by atoms with Crippen molar-refractivity contribution < 1.29 is 36.3 Å². The Balaban J connectivity index is 1.38. The highest BCUT2D eigenvalue weighted by Crippen LogP contribution is 2.30. The SMILES string of the molecule is COc1ccc(C(=O)Nc2n[nH]c3c2CN(S(=O)(=O)c2cc(F)cc(F)c2)CC3)c(NC(=O)[C@@H]2CCCO2)c1. The predicted octanol–water partition coefficient (Wildman–Crippen LogP) is 2.81. The van der Waals surface area contributed by atoms with E-state index < -0.39 is 38.6 Å². The number of fused-ring (bicyclic) bond motifs is 1. The van der Waals surface area contributed by atoms with E-state index in [2.05, 4.69) is 20.8 Å². The summed E-state index contributed by atoms with van der Waals surface area (Å²) in [6.07, 6.45) is 0.943. The molecule has 2 aliphatic heterocycles. The van der Waals surface area contributed by atoms with Gasteiger partial charge in [0.15, 0.2) is 5.82 Å². The van der Waals surface area contributed by atoms with Crippen LogP contribution in [0.1, 0.15) is 34.5 Å². The van der Waals surface area contributed by atoms with Gasteiger partial charge < -0.3 is 20.1 Å². The first-order valence-corrected chi connectivity index (χ1v) is 13.5. The summed E-state index contributed by atoms with van der Waals surface area (Å²) in [7, 11) is -2.78. The minimum Gasteiger partial charge on any atom is -0.497 e. The fraction of sp³-hybridized carbons (Fsp3) is 0.320. The van der Waals surface area contributed by atoms with Gasteiger partial charge in [-0.3, -0.25) is 14.7 Å². The van der Waals surface area contributed by atoms with Crippen LogP contribution in [-0.4, -0.2) is 61.1 Å². The molecule has 5 rings (SSSR count). The molecule has 14 heteroatoms. The molecular formula is C25H25F2N5O6S.